The molecule has 1 heterocycles. The number of nitrogens with one attached hydrogen (secondary N) is 2. The van der Waals surface area contributed by atoms with Crippen LogP contribution in [0.25, 0.3) is 0 Å². The molecular formula is C20H38N4O3S. The number of aliphatic imine (C=N–C) groups is 1. The minimum absolute atomic E-state index is 0.249. The van der Waals surface area contributed by atoms with E-state index in [-0.39, 0.29) is 17.2 Å². The number of hydrogen-bond donors (Lipinski definition) is 2. The van der Waals surface area contributed by atoms with E-state index in [1.54, 1.807) is 4.31 Å². The molecule has 28 heavy (non-hydrogen) atoms. The highest BCUT2D eigenvalue weighted by Crippen LogP contribution is 2.54. The normalized spacial score (nSPS) is 29.0. The van der Waals surface area contributed by atoms with E-state index in [1.807, 2.05) is 14.0 Å². The summed E-state index contributed by atoms with van der Waals surface area (Å²) in [7, 11) is -1.27. The van der Waals surface area contributed by atoms with Crippen LogP contribution in [-0.4, -0.2) is 69.4 Å². The lowest BCUT2D eigenvalue weighted by molar-refractivity contribution is -0.125. The van der Waals surface area contributed by atoms with E-state index in [4.69, 9.17) is 4.74 Å². The molecule has 2 N–H and O–H groups in total. The molecule has 2 aliphatic carbocycles. The predicted molar refractivity (Wildman–Crippen MR) is 113 cm³/mol. The molecule has 1 spiro atoms. The summed E-state index contributed by atoms with van der Waals surface area (Å²) < 4.78 is 32.2. The van der Waals surface area contributed by atoms with Gasteiger partial charge in [0.15, 0.2) is 5.96 Å². The summed E-state index contributed by atoms with van der Waals surface area (Å²) in [6.07, 6.45) is 8.78. The van der Waals surface area contributed by atoms with Crippen molar-refractivity contribution < 1.29 is 13.2 Å². The second kappa shape index (κ2) is 9.30. The Morgan fingerprint density at radius 1 is 1.18 bits per heavy atom. The van der Waals surface area contributed by atoms with Crippen LogP contribution in [0.4, 0.5) is 0 Å². The van der Waals surface area contributed by atoms with E-state index in [0.717, 1.165) is 31.8 Å². The van der Waals surface area contributed by atoms with Crippen LogP contribution in [0.1, 0.15) is 65.2 Å². The molecule has 0 amide bonds. The molecule has 0 radical (unpaired) electrons. The number of guanidine groups is 1. The van der Waals surface area contributed by atoms with Gasteiger partial charge in [-0.1, -0.05) is 19.8 Å². The number of hydrogen-bond acceptors (Lipinski definition) is 4. The Morgan fingerprint density at radius 2 is 1.86 bits per heavy atom. The van der Waals surface area contributed by atoms with Crippen molar-refractivity contribution in [2.24, 2.45) is 10.4 Å². The summed E-state index contributed by atoms with van der Waals surface area (Å²) in [5.41, 5.74) is 0.269. The summed E-state index contributed by atoms with van der Waals surface area (Å²) in [4.78, 5) is 4.45. The highest BCUT2D eigenvalue weighted by atomic mass is 32.2. The van der Waals surface area contributed by atoms with Gasteiger partial charge in [0.25, 0.3) is 0 Å². The van der Waals surface area contributed by atoms with E-state index in [9.17, 15) is 8.42 Å². The fourth-order valence-electron chi connectivity index (χ4n) is 5.28. The molecule has 3 aliphatic rings. The third kappa shape index (κ3) is 4.49. The number of nitrogens with zero attached hydrogens (tertiary/aromatic N) is 2. The number of rotatable bonds is 7. The van der Waals surface area contributed by atoms with Gasteiger partial charge >= 0.3 is 0 Å². The predicted octanol–water partition coefficient (Wildman–Crippen LogP) is 2.09. The molecule has 162 valence electrons. The van der Waals surface area contributed by atoms with Crippen molar-refractivity contribution >= 4 is 16.0 Å². The zero-order chi connectivity index (χ0) is 20.2. The molecule has 1 aliphatic heterocycles. The number of sulfonamides is 1. The molecule has 7 nitrogen and oxygen atoms in total. The van der Waals surface area contributed by atoms with Gasteiger partial charge in [-0.25, -0.2) is 12.7 Å². The van der Waals surface area contributed by atoms with Crippen LogP contribution in [0.15, 0.2) is 4.99 Å². The first-order valence-electron chi connectivity index (χ1n) is 11.0. The van der Waals surface area contributed by atoms with Gasteiger partial charge in [0.2, 0.25) is 10.0 Å². The molecule has 0 bridgehead atoms. The van der Waals surface area contributed by atoms with Gasteiger partial charge in [-0.2, -0.15) is 0 Å². The zero-order valence-electron chi connectivity index (χ0n) is 17.7. The lowest BCUT2D eigenvalue weighted by Gasteiger charge is -2.54. The summed E-state index contributed by atoms with van der Waals surface area (Å²) in [5, 5.41) is 7.20. The van der Waals surface area contributed by atoms with Gasteiger partial charge in [0.1, 0.15) is 0 Å². The van der Waals surface area contributed by atoms with Crippen LogP contribution in [0.2, 0.25) is 0 Å². The minimum atomic E-state index is -3.09. The molecule has 1 saturated heterocycles. The molecule has 0 aromatic carbocycles. The third-order valence-corrected chi connectivity index (χ3v) is 8.95. The monoisotopic (exact) mass is 414 g/mol. The molecule has 0 aromatic rings. The maximum atomic E-state index is 12.2. The second-order valence-corrected chi connectivity index (χ2v) is 10.6. The highest BCUT2D eigenvalue weighted by Gasteiger charge is 2.57. The lowest BCUT2D eigenvalue weighted by atomic mass is 9.60. The van der Waals surface area contributed by atoms with Gasteiger partial charge < -0.3 is 15.4 Å². The quantitative estimate of drug-likeness (QED) is 0.492. The Kier molecular flexibility index (Phi) is 7.26. The van der Waals surface area contributed by atoms with Crippen molar-refractivity contribution in [1.82, 2.24) is 14.9 Å². The summed E-state index contributed by atoms with van der Waals surface area (Å²) in [5.74, 6) is 1.10. The molecule has 8 heteroatoms. The molecular weight excluding hydrogens is 376 g/mol. The van der Waals surface area contributed by atoms with Gasteiger partial charge in [-0.05, 0) is 45.4 Å². The van der Waals surface area contributed by atoms with Gasteiger partial charge in [0.05, 0.1) is 11.9 Å². The Labute approximate surface area is 170 Å². The standard InChI is InChI=1S/C20H38N4O3S/c1-4-14-28(25,26)24-12-8-16(9-13-24)22-19(21-3)23-17-15-18(27-5-2)20(17)10-6-7-11-20/h16-18H,4-15H2,1-3H3,(H2,21,22,23). The fraction of sp³-hybridized carbons (Fsp3) is 0.950. The van der Waals surface area contributed by atoms with Crippen LogP contribution in [-0.2, 0) is 14.8 Å². The van der Waals surface area contributed by atoms with E-state index in [0.29, 0.717) is 31.7 Å². The van der Waals surface area contributed by atoms with Crippen LogP contribution >= 0.6 is 0 Å². The Bertz CT molecular complexity index is 638. The first-order chi connectivity index (χ1) is 13.4. The maximum absolute atomic E-state index is 12.2. The summed E-state index contributed by atoms with van der Waals surface area (Å²) in [6, 6.07) is 0.685. The number of ether oxygens (including phenoxy) is 1. The first-order valence-corrected chi connectivity index (χ1v) is 12.7. The lowest BCUT2D eigenvalue weighted by Crippen LogP contribution is -2.65. The Hall–Kier alpha value is -0.860. The topological polar surface area (TPSA) is 83.0 Å². The van der Waals surface area contributed by atoms with Crippen LogP contribution in [0.5, 0.6) is 0 Å². The van der Waals surface area contributed by atoms with Crippen molar-refractivity contribution in [2.45, 2.75) is 83.4 Å². The second-order valence-electron chi connectivity index (χ2n) is 8.52. The molecule has 0 aromatic heterocycles. The van der Waals surface area contributed by atoms with Crippen molar-refractivity contribution in [3.63, 3.8) is 0 Å². The fourth-order valence-corrected chi connectivity index (χ4v) is 6.82. The third-order valence-electron chi connectivity index (χ3n) is 6.87. The van der Waals surface area contributed by atoms with Gasteiger partial charge in [-0.3, -0.25) is 4.99 Å². The van der Waals surface area contributed by atoms with Crippen molar-refractivity contribution in [1.29, 1.82) is 0 Å². The molecule has 2 unspecified atom stereocenters. The van der Waals surface area contributed by atoms with E-state index >= 15 is 0 Å². The molecule has 2 atom stereocenters. The molecule has 3 rings (SSSR count). The minimum Gasteiger partial charge on any atom is -0.378 e. The first kappa shape index (κ1) is 21.8. The Morgan fingerprint density at radius 3 is 2.43 bits per heavy atom. The van der Waals surface area contributed by atoms with Crippen LogP contribution in [0.3, 0.4) is 0 Å². The van der Waals surface area contributed by atoms with Crippen molar-refractivity contribution in [2.75, 3.05) is 32.5 Å². The summed E-state index contributed by atoms with van der Waals surface area (Å²) >= 11 is 0. The van der Waals surface area contributed by atoms with E-state index in [1.165, 1.54) is 25.7 Å². The Balaban J connectivity index is 1.51. The molecule has 2 saturated carbocycles. The largest absolute Gasteiger partial charge is 0.378 e. The van der Waals surface area contributed by atoms with Gasteiger partial charge in [0, 0.05) is 44.2 Å². The van der Waals surface area contributed by atoms with Crippen LogP contribution in [0, 0.1) is 5.41 Å². The SMILES string of the molecule is CCCS(=O)(=O)N1CCC(NC(=NC)NC2CC(OCC)C23CCCC3)CC1. The zero-order valence-corrected chi connectivity index (χ0v) is 18.6. The van der Waals surface area contributed by atoms with Crippen LogP contribution < -0.4 is 10.6 Å². The summed E-state index contributed by atoms with van der Waals surface area (Å²) in [6.45, 7) is 5.96. The average Bonchev–Trinajstić information content (AvgIpc) is 3.20. The van der Waals surface area contributed by atoms with Crippen molar-refractivity contribution in [3.8, 4) is 0 Å². The van der Waals surface area contributed by atoms with Gasteiger partial charge in [-0.15, -0.1) is 0 Å². The van der Waals surface area contributed by atoms with E-state index < -0.39 is 10.0 Å². The van der Waals surface area contributed by atoms with Crippen molar-refractivity contribution in [3.05, 3.63) is 0 Å². The molecule has 3 fully saturated rings. The average molecular weight is 415 g/mol. The highest BCUT2D eigenvalue weighted by molar-refractivity contribution is 7.89. The van der Waals surface area contributed by atoms with E-state index in [2.05, 4.69) is 22.5 Å². The maximum Gasteiger partial charge on any atom is 0.214 e. The number of piperidine rings is 1. The smallest absolute Gasteiger partial charge is 0.214 e.